The number of rotatable bonds is 4. The molecule has 3 rings (SSSR count). The van der Waals surface area contributed by atoms with E-state index in [1.165, 1.54) is 6.42 Å². The molecule has 0 spiro atoms. The van der Waals surface area contributed by atoms with E-state index in [9.17, 15) is 13.2 Å². The third-order valence-electron chi connectivity index (χ3n) is 5.85. The molecule has 1 aromatic rings. The number of primary amides is 1. The summed E-state index contributed by atoms with van der Waals surface area (Å²) in [5.74, 6) is 1.13. The number of nitrogens with two attached hydrogens (primary N) is 1. The van der Waals surface area contributed by atoms with Crippen molar-refractivity contribution in [2.75, 3.05) is 29.5 Å². The molecule has 2 saturated heterocycles. The molecule has 2 aliphatic heterocycles. The van der Waals surface area contributed by atoms with Crippen molar-refractivity contribution in [3.63, 3.8) is 0 Å². The average Bonchev–Trinajstić information content (AvgIpc) is 2.61. The number of nitrogens with zero attached hydrogens (tertiary/aromatic N) is 1. The third-order valence-corrected chi connectivity index (χ3v) is 7.56. The van der Waals surface area contributed by atoms with Crippen molar-refractivity contribution < 1.29 is 13.2 Å². The van der Waals surface area contributed by atoms with Crippen molar-refractivity contribution in [2.24, 2.45) is 11.7 Å². The number of carbonyl (C=O) groups excluding carboxylic acids is 1. The Labute approximate surface area is 150 Å². The maximum Gasteiger partial charge on any atom is 0.250 e. The molecular weight excluding hydrogens is 336 g/mol. The van der Waals surface area contributed by atoms with E-state index in [2.05, 4.69) is 17.9 Å². The molecular formula is C19H28N2O3S. The van der Waals surface area contributed by atoms with Crippen LogP contribution in [-0.2, 0) is 9.84 Å². The van der Waals surface area contributed by atoms with Gasteiger partial charge in [-0.1, -0.05) is 19.4 Å². The molecule has 0 saturated carbocycles. The maximum absolute atomic E-state index is 11.9. The third kappa shape index (κ3) is 4.17. The van der Waals surface area contributed by atoms with E-state index < -0.39 is 15.7 Å². The summed E-state index contributed by atoms with van der Waals surface area (Å²) >= 11 is 0. The first-order valence-corrected chi connectivity index (χ1v) is 11.1. The van der Waals surface area contributed by atoms with Gasteiger partial charge in [-0.3, -0.25) is 4.79 Å². The van der Waals surface area contributed by atoms with Crippen molar-refractivity contribution in [3.05, 3.63) is 29.3 Å². The highest BCUT2D eigenvalue weighted by molar-refractivity contribution is 7.91. The Morgan fingerprint density at radius 1 is 1.16 bits per heavy atom. The van der Waals surface area contributed by atoms with E-state index in [1.54, 1.807) is 0 Å². The second kappa shape index (κ2) is 7.36. The number of benzene rings is 1. The molecule has 2 aliphatic rings. The largest absolute Gasteiger partial charge is 0.371 e. The molecule has 5 nitrogen and oxygen atoms in total. The van der Waals surface area contributed by atoms with E-state index in [-0.39, 0.29) is 17.4 Å². The standard InChI is InChI=1S/C19H28N2O3S/c1-2-14-5-9-21(10-6-14)18-13-16(3-4-17(18)19(20)22)15-7-11-25(23,24)12-8-15/h3-4,13-15H,2,5-12H2,1H3,(H2,20,22). The minimum Gasteiger partial charge on any atom is -0.371 e. The van der Waals surface area contributed by atoms with Crippen LogP contribution in [0.2, 0.25) is 0 Å². The molecule has 0 aliphatic carbocycles. The van der Waals surface area contributed by atoms with Gasteiger partial charge in [0, 0.05) is 18.8 Å². The highest BCUT2D eigenvalue weighted by Gasteiger charge is 2.27. The fourth-order valence-corrected chi connectivity index (χ4v) is 5.57. The molecule has 0 atom stereocenters. The van der Waals surface area contributed by atoms with Crippen molar-refractivity contribution in [2.45, 2.75) is 44.9 Å². The van der Waals surface area contributed by atoms with Crippen LogP contribution in [0.4, 0.5) is 5.69 Å². The Bertz CT molecular complexity index is 723. The summed E-state index contributed by atoms with van der Waals surface area (Å²) in [6.07, 6.45) is 4.81. The highest BCUT2D eigenvalue weighted by atomic mass is 32.2. The predicted molar refractivity (Wildman–Crippen MR) is 101 cm³/mol. The molecule has 2 N–H and O–H groups in total. The van der Waals surface area contributed by atoms with Crippen LogP contribution < -0.4 is 10.6 Å². The smallest absolute Gasteiger partial charge is 0.250 e. The van der Waals surface area contributed by atoms with E-state index in [1.807, 2.05) is 12.1 Å². The lowest BCUT2D eigenvalue weighted by molar-refractivity contribution is 0.100. The quantitative estimate of drug-likeness (QED) is 0.891. The van der Waals surface area contributed by atoms with Crippen LogP contribution >= 0.6 is 0 Å². The number of hydrogen-bond acceptors (Lipinski definition) is 4. The zero-order valence-corrected chi connectivity index (χ0v) is 15.7. The lowest BCUT2D eigenvalue weighted by Gasteiger charge is -2.35. The van der Waals surface area contributed by atoms with Crippen LogP contribution in [0.3, 0.4) is 0 Å². The molecule has 1 amide bonds. The van der Waals surface area contributed by atoms with Crippen LogP contribution in [0.15, 0.2) is 18.2 Å². The Kier molecular flexibility index (Phi) is 5.37. The summed E-state index contributed by atoms with van der Waals surface area (Å²) in [5.41, 5.74) is 8.22. The second-order valence-corrected chi connectivity index (χ2v) is 9.71. The minimum absolute atomic E-state index is 0.248. The summed E-state index contributed by atoms with van der Waals surface area (Å²) in [6.45, 7) is 4.12. The summed E-state index contributed by atoms with van der Waals surface area (Å²) in [5, 5.41) is 0. The van der Waals surface area contributed by atoms with Crippen molar-refractivity contribution in [1.29, 1.82) is 0 Å². The van der Waals surface area contributed by atoms with Gasteiger partial charge in [0.15, 0.2) is 0 Å². The number of piperidine rings is 1. The summed E-state index contributed by atoms with van der Waals surface area (Å²) in [4.78, 5) is 14.1. The van der Waals surface area contributed by atoms with E-state index in [4.69, 9.17) is 5.73 Å². The Balaban J connectivity index is 1.84. The molecule has 0 bridgehead atoms. The number of sulfone groups is 1. The van der Waals surface area contributed by atoms with Crippen molar-refractivity contribution in [3.8, 4) is 0 Å². The number of amides is 1. The average molecular weight is 365 g/mol. The van der Waals surface area contributed by atoms with Crippen LogP contribution in [0, 0.1) is 5.92 Å². The molecule has 2 fully saturated rings. The van der Waals surface area contributed by atoms with Crippen molar-refractivity contribution >= 4 is 21.4 Å². The SMILES string of the molecule is CCC1CCN(c2cc(C3CCS(=O)(=O)CC3)ccc2C(N)=O)CC1. The normalized spacial score (nSPS) is 22.0. The lowest BCUT2D eigenvalue weighted by atomic mass is 9.90. The zero-order valence-electron chi connectivity index (χ0n) is 14.9. The fourth-order valence-electron chi connectivity index (χ4n) is 4.08. The molecule has 0 aromatic heterocycles. The molecule has 2 heterocycles. The second-order valence-electron chi connectivity index (χ2n) is 7.41. The first-order valence-electron chi connectivity index (χ1n) is 9.28. The molecule has 0 unspecified atom stereocenters. The van der Waals surface area contributed by atoms with Crippen LogP contribution in [-0.4, -0.2) is 38.9 Å². The summed E-state index contributed by atoms with van der Waals surface area (Å²) < 4.78 is 23.3. The molecule has 25 heavy (non-hydrogen) atoms. The summed E-state index contributed by atoms with van der Waals surface area (Å²) in [7, 11) is -2.87. The van der Waals surface area contributed by atoms with E-state index >= 15 is 0 Å². The summed E-state index contributed by atoms with van der Waals surface area (Å²) in [6, 6.07) is 5.85. The Morgan fingerprint density at radius 3 is 2.36 bits per heavy atom. The highest BCUT2D eigenvalue weighted by Crippen LogP contribution is 2.34. The zero-order chi connectivity index (χ0) is 18.0. The van der Waals surface area contributed by atoms with Gasteiger partial charge in [0.05, 0.1) is 17.1 Å². The molecule has 0 radical (unpaired) electrons. The molecule has 6 heteroatoms. The lowest BCUT2D eigenvalue weighted by Crippen LogP contribution is -2.35. The number of carbonyl (C=O) groups is 1. The van der Waals surface area contributed by atoms with Crippen LogP contribution in [0.5, 0.6) is 0 Å². The van der Waals surface area contributed by atoms with Gasteiger partial charge in [-0.2, -0.15) is 0 Å². The van der Waals surface area contributed by atoms with Gasteiger partial charge in [-0.05, 0) is 55.2 Å². The molecule has 1 aromatic carbocycles. The van der Waals surface area contributed by atoms with Crippen LogP contribution in [0.1, 0.15) is 60.9 Å². The number of anilines is 1. The van der Waals surface area contributed by atoms with E-state index in [0.717, 1.165) is 43.1 Å². The van der Waals surface area contributed by atoms with Gasteiger partial charge >= 0.3 is 0 Å². The van der Waals surface area contributed by atoms with Crippen molar-refractivity contribution in [1.82, 2.24) is 0 Å². The van der Waals surface area contributed by atoms with Gasteiger partial charge in [-0.25, -0.2) is 8.42 Å². The first-order chi connectivity index (χ1) is 11.9. The van der Waals surface area contributed by atoms with Gasteiger partial charge in [0.1, 0.15) is 9.84 Å². The van der Waals surface area contributed by atoms with Gasteiger partial charge < -0.3 is 10.6 Å². The van der Waals surface area contributed by atoms with E-state index in [0.29, 0.717) is 18.4 Å². The first kappa shape index (κ1) is 18.2. The predicted octanol–water partition coefficient (Wildman–Crippen LogP) is 2.70. The number of hydrogen-bond donors (Lipinski definition) is 1. The molecule has 138 valence electrons. The fraction of sp³-hybridized carbons (Fsp3) is 0.632. The van der Waals surface area contributed by atoms with Gasteiger partial charge in [0.25, 0.3) is 5.91 Å². The van der Waals surface area contributed by atoms with Crippen LogP contribution in [0.25, 0.3) is 0 Å². The van der Waals surface area contributed by atoms with Gasteiger partial charge in [0.2, 0.25) is 0 Å². The minimum atomic E-state index is -2.87. The monoisotopic (exact) mass is 364 g/mol. The topological polar surface area (TPSA) is 80.5 Å². The Morgan fingerprint density at radius 2 is 1.80 bits per heavy atom. The maximum atomic E-state index is 11.9. The Hall–Kier alpha value is -1.56. The van der Waals surface area contributed by atoms with Gasteiger partial charge in [-0.15, -0.1) is 0 Å².